The molecule has 0 amide bonds. The Hall–Kier alpha value is -2.13. The van der Waals surface area contributed by atoms with Gasteiger partial charge in [0.05, 0.1) is 6.61 Å². The van der Waals surface area contributed by atoms with E-state index in [0.29, 0.717) is 6.61 Å². The van der Waals surface area contributed by atoms with E-state index < -0.39 is 0 Å². The first-order chi connectivity index (χ1) is 11.2. The van der Waals surface area contributed by atoms with Crippen LogP contribution in [0.1, 0.15) is 31.0 Å². The van der Waals surface area contributed by atoms with Crippen molar-refractivity contribution in [2.45, 2.75) is 38.4 Å². The summed E-state index contributed by atoms with van der Waals surface area (Å²) in [7, 11) is 0. The standard InChI is InChI=1S/C20H23NO2/c1-3-23-20(22)19-18(14-16-10-6-4-7-11-16)21(19)15(2)17-12-8-5-9-13-17/h4-13,15,18-19H,3,14H2,1-2H3/t15-,18+,19+,21?/m0/s1. The number of rotatable bonds is 6. The third-order valence-electron chi connectivity index (χ3n) is 4.52. The molecular formula is C20H23NO2. The van der Waals surface area contributed by atoms with Gasteiger partial charge in [0, 0.05) is 12.1 Å². The fourth-order valence-corrected chi connectivity index (χ4v) is 3.31. The summed E-state index contributed by atoms with van der Waals surface area (Å²) in [6.07, 6.45) is 0.876. The van der Waals surface area contributed by atoms with E-state index in [9.17, 15) is 4.79 Å². The largest absolute Gasteiger partial charge is 0.465 e. The molecule has 23 heavy (non-hydrogen) atoms. The van der Waals surface area contributed by atoms with Crippen molar-refractivity contribution < 1.29 is 9.53 Å². The van der Waals surface area contributed by atoms with Crippen LogP contribution in [-0.4, -0.2) is 29.6 Å². The number of hydrogen-bond donors (Lipinski definition) is 0. The molecule has 4 atom stereocenters. The lowest BCUT2D eigenvalue weighted by Crippen LogP contribution is -2.18. The zero-order chi connectivity index (χ0) is 16.2. The van der Waals surface area contributed by atoms with Crippen molar-refractivity contribution in [2.75, 3.05) is 6.61 Å². The minimum Gasteiger partial charge on any atom is -0.465 e. The van der Waals surface area contributed by atoms with Crippen molar-refractivity contribution in [1.29, 1.82) is 0 Å². The highest BCUT2D eigenvalue weighted by atomic mass is 16.5. The molecule has 2 aromatic rings. The Balaban J connectivity index is 1.77. The molecule has 1 aliphatic rings. The fourth-order valence-electron chi connectivity index (χ4n) is 3.31. The molecule has 3 heteroatoms. The number of ether oxygens (including phenoxy) is 1. The van der Waals surface area contributed by atoms with Crippen LogP contribution in [-0.2, 0) is 16.0 Å². The van der Waals surface area contributed by atoms with E-state index >= 15 is 0 Å². The van der Waals surface area contributed by atoms with Crippen LogP contribution in [0.25, 0.3) is 0 Å². The van der Waals surface area contributed by atoms with Crippen LogP contribution in [0.15, 0.2) is 60.7 Å². The van der Waals surface area contributed by atoms with Gasteiger partial charge in [-0.15, -0.1) is 0 Å². The highest BCUT2D eigenvalue weighted by Gasteiger charge is 2.55. The van der Waals surface area contributed by atoms with Crippen molar-refractivity contribution in [2.24, 2.45) is 0 Å². The topological polar surface area (TPSA) is 29.3 Å². The number of carbonyl (C=O) groups is 1. The number of carbonyl (C=O) groups excluding carboxylic acids is 1. The van der Waals surface area contributed by atoms with Crippen LogP contribution < -0.4 is 0 Å². The maximum atomic E-state index is 12.3. The highest BCUT2D eigenvalue weighted by molar-refractivity contribution is 5.80. The van der Waals surface area contributed by atoms with E-state index in [2.05, 4.69) is 36.1 Å². The average Bonchev–Trinajstić information content (AvgIpc) is 3.30. The first kappa shape index (κ1) is 15.8. The molecule has 2 aromatic carbocycles. The van der Waals surface area contributed by atoms with Gasteiger partial charge in [0.1, 0.15) is 6.04 Å². The van der Waals surface area contributed by atoms with Crippen LogP contribution in [0.5, 0.6) is 0 Å². The Morgan fingerprint density at radius 2 is 1.70 bits per heavy atom. The molecule has 0 radical (unpaired) electrons. The van der Waals surface area contributed by atoms with Gasteiger partial charge in [-0.1, -0.05) is 60.7 Å². The van der Waals surface area contributed by atoms with Gasteiger partial charge in [-0.05, 0) is 31.4 Å². The predicted octanol–water partition coefficient (Wildman–Crippen LogP) is 3.61. The van der Waals surface area contributed by atoms with Gasteiger partial charge in [-0.25, -0.2) is 0 Å². The molecule has 1 fully saturated rings. The molecule has 3 rings (SSSR count). The second-order valence-corrected chi connectivity index (χ2v) is 5.99. The van der Waals surface area contributed by atoms with Crippen LogP contribution in [0.3, 0.4) is 0 Å². The quantitative estimate of drug-likeness (QED) is 0.603. The van der Waals surface area contributed by atoms with E-state index in [1.165, 1.54) is 11.1 Å². The summed E-state index contributed by atoms with van der Waals surface area (Å²) in [5.41, 5.74) is 2.49. The molecule has 1 heterocycles. The van der Waals surface area contributed by atoms with Crippen LogP contribution in [0, 0.1) is 0 Å². The Kier molecular flexibility index (Phi) is 4.77. The number of hydrogen-bond acceptors (Lipinski definition) is 3. The number of esters is 1. The van der Waals surface area contributed by atoms with Crippen molar-refractivity contribution >= 4 is 5.97 Å². The zero-order valence-electron chi connectivity index (χ0n) is 13.7. The van der Waals surface area contributed by atoms with Crippen molar-refractivity contribution in [3.63, 3.8) is 0 Å². The number of benzene rings is 2. The lowest BCUT2D eigenvalue weighted by molar-refractivity contribution is -0.143. The zero-order valence-corrected chi connectivity index (χ0v) is 13.7. The molecule has 0 aliphatic carbocycles. The molecule has 0 saturated carbocycles. The smallest absolute Gasteiger partial charge is 0.325 e. The molecule has 120 valence electrons. The summed E-state index contributed by atoms with van der Waals surface area (Å²) >= 11 is 0. The summed E-state index contributed by atoms with van der Waals surface area (Å²) < 4.78 is 5.27. The van der Waals surface area contributed by atoms with Gasteiger partial charge in [-0.2, -0.15) is 0 Å². The van der Waals surface area contributed by atoms with Gasteiger partial charge in [0.25, 0.3) is 0 Å². The Morgan fingerprint density at radius 3 is 2.30 bits per heavy atom. The molecule has 0 bridgehead atoms. The summed E-state index contributed by atoms with van der Waals surface area (Å²) in [6, 6.07) is 21.0. The molecule has 0 N–H and O–H groups in total. The summed E-state index contributed by atoms with van der Waals surface area (Å²) in [5, 5.41) is 0. The second kappa shape index (κ2) is 6.97. The lowest BCUT2D eigenvalue weighted by atomic mass is 10.1. The van der Waals surface area contributed by atoms with Gasteiger partial charge in [-0.3, -0.25) is 9.69 Å². The second-order valence-electron chi connectivity index (χ2n) is 5.99. The number of nitrogens with zero attached hydrogens (tertiary/aromatic N) is 1. The van der Waals surface area contributed by atoms with Gasteiger partial charge in [0.15, 0.2) is 0 Å². The van der Waals surface area contributed by atoms with Crippen molar-refractivity contribution in [1.82, 2.24) is 4.90 Å². The van der Waals surface area contributed by atoms with E-state index in [4.69, 9.17) is 4.74 Å². The molecular weight excluding hydrogens is 286 g/mol. The Labute approximate surface area is 137 Å². The highest BCUT2D eigenvalue weighted by Crippen LogP contribution is 2.41. The van der Waals surface area contributed by atoms with E-state index in [-0.39, 0.29) is 24.1 Å². The van der Waals surface area contributed by atoms with Crippen molar-refractivity contribution in [3.8, 4) is 0 Å². The first-order valence-corrected chi connectivity index (χ1v) is 8.25. The van der Waals surface area contributed by atoms with E-state index in [0.717, 1.165) is 6.42 Å². The first-order valence-electron chi connectivity index (χ1n) is 8.25. The average molecular weight is 309 g/mol. The monoisotopic (exact) mass is 309 g/mol. The summed E-state index contributed by atoms with van der Waals surface area (Å²) in [5.74, 6) is -0.101. The summed E-state index contributed by atoms with van der Waals surface area (Å²) in [4.78, 5) is 14.6. The Bertz CT molecular complexity index is 641. The third kappa shape index (κ3) is 3.45. The van der Waals surface area contributed by atoms with E-state index in [1.807, 2.05) is 43.3 Å². The SMILES string of the molecule is CCOC(=O)[C@H]1[C@@H](Cc2ccccc2)N1[C@@H](C)c1ccccc1. The van der Waals surface area contributed by atoms with Gasteiger partial charge < -0.3 is 4.74 Å². The molecule has 3 nitrogen and oxygen atoms in total. The molecule has 1 saturated heterocycles. The lowest BCUT2D eigenvalue weighted by Gasteiger charge is -2.15. The normalized spacial score (nSPS) is 24.0. The molecule has 0 spiro atoms. The van der Waals surface area contributed by atoms with Crippen LogP contribution in [0.4, 0.5) is 0 Å². The van der Waals surface area contributed by atoms with Gasteiger partial charge >= 0.3 is 5.97 Å². The van der Waals surface area contributed by atoms with E-state index in [1.54, 1.807) is 0 Å². The molecule has 0 aromatic heterocycles. The maximum absolute atomic E-state index is 12.3. The van der Waals surface area contributed by atoms with Crippen molar-refractivity contribution in [3.05, 3.63) is 71.8 Å². The van der Waals surface area contributed by atoms with Crippen LogP contribution >= 0.6 is 0 Å². The predicted molar refractivity (Wildman–Crippen MR) is 91.1 cm³/mol. The molecule has 1 unspecified atom stereocenters. The fraction of sp³-hybridized carbons (Fsp3) is 0.350. The Morgan fingerprint density at radius 1 is 1.09 bits per heavy atom. The van der Waals surface area contributed by atoms with Crippen LogP contribution in [0.2, 0.25) is 0 Å². The maximum Gasteiger partial charge on any atom is 0.325 e. The van der Waals surface area contributed by atoms with Gasteiger partial charge in [0.2, 0.25) is 0 Å². The summed E-state index contributed by atoms with van der Waals surface area (Å²) in [6.45, 7) is 4.45. The third-order valence-corrected chi connectivity index (χ3v) is 4.52. The molecule has 1 aliphatic heterocycles. The minimum atomic E-state index is -0.134. The minimum absolute atomic E-state index is 0.101.